The molecule has 2 aromatic carbocycles. The van der Waals surface area contributed by atoms with Crippen molar-refractivity contribution in [3.8, 4) is 28.4 Å². The number of hydrogen-bond acceptors (Lipinski definition) is 4. The van der Waals surface area contributed by atoms with Crippen molar-refractivity contribution >= 4 is 5.91 Å². The van der Waals surface area contributed by atoms with Gasteiger partial charge in [-0.2, -0.15) is 5.10 Å². The van der Waals surface area contributed by atoms with E-state index in [-0.39, 0.29) is 5.91 Å². The number of benzene rings is 2. The number of ether oxygens (including phenoxy) is 2. The Morgan fingerprint density at radius 1 is 1.12 bits per heavy atom. The minimum absolute atomic E-state index is 0.186. The van der Waals surface area contributed by atoms with Crippen molar-refractivity contribution in [1.82, 2.24) is 15.1 Å². The van der Waals surface area contributed by atoms with E-state index in [1.54, 1.807) is 31.2 Å². The van der Waals surface area contributed by atoms with Crippen molar-refractivity contribution in [2.75, 3.05) is 20.8 Å². The van der Waals surface area contributed by atoms with Crippen molar-refractivity contribution in [3.63, 3.8) is 0 Å². The minimum atomic E-state index is -0.186. The highest BCUT2D eigenvalue weighted by atomic mass is 16.5. The van der Waals surface area contributed by atoms with Gasteiger partial charge in [-0.05, 0) is 37.3 Å². The third-order valence-corrected chi connectivity index (χ3v) is 3.98. The molecular formula is C20H21N3O3. The van der Waals surface area contributed by atoms with Gasteiger partial charge in [0.05, 0.1) is 25.5 Å². The Morgan fingerprint density at radius 2 is 1.88 bits per heavy atom. The summed E-state index contributed by atoms with van der Waals surface area (Å²) in [5.41, 5.74) is 2.58. The number of methoxy groups -OCH3 is 2. The van der Waals surface area contributed by atoms with E-state index in [1.807, 2.05) is 49.4 Å². The molecule has 0 spiro atoms. The van der Waals surface area contributed by atoms with E-state index in [0.717, 1.165) is 5.69 Å². The van der Waals surface area contributed by atoms with Gasteiger partial charge in [0.25, 0.3) is 5.91 Å². The van der Waals surface area contributed by atoms with Crippen LogP contribution in [0.4, 0.5) is 0 Å². The number of nitrogens with zero attached hydrogens (tertiary/aromatic N) is 2. The zero-order valence-corrected chi connectivity index (χ0v) is 15.0. The van der Waals surface area contributed by atoms with Crippen LogP contribution in [-0.2, 0) is 0 Å². The Balaban J connectivity index is 2.19. The van der Waals surface area contributed by atoms with Crippen LogP contribution in [0.5, 0.6) is 11.5 Å². The summed E-state index contributed by atoms with van der Waals surface area (Å²) in [5.74, 6) is 1.10. The van der Waals surface area contributed by atoms with E-state index in [2.05, 4.69) is 10.4 Å². The summed E-state index contributed by atoms with van der Waals surface area (Å²) >= 11 is 0. The van der Waals surface area contributed by atoms with Gasteiger partial charge in [-0.1, -0.05) is 18.2 Å². The van der Waals surface area contributed by atoms with Crippen LogP contribution in [0.1, 0.15) is 17.3 Å². The number of rotatable bonds is 6. The monoisotopic (exact) mass is 351 g/mol. The van der Waals surface area contributed by atoms with Crippen molar-refractivity contribution in [2.45, 2.75) is 6.92 Å². The largest absolute Gasteiger partial charge is 0.497 e. The molecule has 0 radical (unpaired) electrons. The fourth-order valence-corrected chi connectivity index (χ4v) is 2.71. The number of aromatic nitrogens is 2. The molecule has 0 unspecified atom stereocenters. The SMILES string of the molecule is CCNC(=O)c1cn(-c2ccccc2)nc1-c1cc(OC)ccc1OC. The average molecular weight is 351 g/mol. The van der Waals surface area contributed by atoms with Gasteiger partial charge in [-0.15, -0.1) is 0 Å². The van der Waals surface area contributed by atoms with Crippen LogP contribution >= 0.6 is 0 Å². The van der Waals surface area contributed by atoms with E-state index in [1.165, 1.54) is 0 Å². The maximum Gasteiger partial charge on any atom is 0.255 e. The first-order valence-corrected chi connectivity index (χ1v) is 8.33. The second kappa shape index (κ2) is 7.74. The number of carbonyl (C=O) groups is 1. The van der Waals surface area contributed by atoms with Gasteiger partial charge in [0.1, 0.15) is 17.2 Å². The predicted octanol–water partition coefficient (Wildman–Crippen LogP) is 3.31. The molecular weight excluding hydrogens is 330 g/mol. The fourth-order valence-electron chi connectivity index (χ4n) is 2.71. The van der Waals surface area contributed by atoms with Gasteiger partial charge in [0.15, 0.2) is 0 Å². The zero-order chi connectivity index (χ0) is 18.5. The lowest BCUT2D eigenvalue weighted by Crippen LogP contribution is -2.22. The summed E-state index contributed by atoms with van der Waals surface area (Å²) in [7, 11) is 3.18. The Kier molecular flexibility index (Phi) is 5.22. The summed E-state index contributed by atoms with van der Waals surface area (Å²) < 4.78 is 12.5. The summed E-state index contributed by atoms with van der Waals surface area (Å²) in [6, 6.07) is 15.1. The quantitative estimate of drug-likeness (QED) is 0.740. The van der Waals surface area contributed by atoms with Gasteiger partial charge in [-0.25, -0.2) is 4.68 Å². The molecule has 6 heteroatoms. The normalized spacial score (nSPS) is 10.4. The van der Waals surface area contributed by atoms with E-state index in [9.17, 15) is 4.79 Å². The maximum absolute atomic E-state index is 12.6. The molecule has 0 aliphatic heterocycles. The molecule has 3 aromatic rings. The first kappa shape index (κ1) is 17.5. The topological polar surface area (TPSA) is 65.4 Å². The highest BCUT2D eigenvalue weighted by molar-refractivity contribution is 6.00. The van der Waals surface area contributed by atoms with Crippen molar-refractivity contribution in [2.24, 2.45) is 0 Å². The Hall–Kier alpha value is -3.28. The fraction of sp³-hybridized carbons (Fsp3) is 0.200. The molecule has 0 atom stereocenters. The van der Waals surface area contributed by atoms with Crippen molar-refractivity contribution < 1.29 is 14.3 Å². The van der Waals surface area contributed by atoms with Gasteiger partial charge < -0.3 is 14.8 Å². The maximum atomic E-state index is 12.6. The molecule has 1 amide bonds. The molecule has 0 aliphatic rings. The summed E-state index contributed by atoms with van der Waals surface area (Å²) in [6.45, 7) is 2.41. The molecule has 26 heavy (non-hydrogen) atoms. The van der Waals surface area contributed by atoms with Crippen molar-refractivity contribution in [1.29, 1.82) is 0 Å². The van der Waals surface area contributed by atoms with Gasteiger partial charge >= 0.3 is 0 Å². The van der Waals surface area contributed by atoms with Crippen LogP contribution in [0.15, 0.2) is 54.7 Å². The second-order valence-corrected chi connectivity index (χ2v) is 5.60. The summed E-state index contributed by atoms with van der Waals surface area (Å²) in [6.07, 6.45) is 1.73. The Labute approximate surface area is 152 Å². The average Bonchev–Trinajstić information content (AvgIpc) is 3.13. The molecule has 0 saturated heterocycles. The molecule has 1 aromatic heterocycles. The number of nitrogens with one attached hydrogen (secondary N) is 1. The number of carbonyl (C=O) groups excluding carboxylic acids is 1. The van der Waals surface area contributed by atoms with Gasteiger partial charge in [0, 0.05) is 18.3 Å². The Bertz CT molecular complexity index is 904. The van der Waals surface area contributed by atoms with Crippen LogP contribution in [0, 0.1) is 0 Å². The highest BCUT2D eigenvalue weighted by Gasteiger charge is 2.21. The number of para-hydroxylation sites is 1. The van der Waals surface area contributed by atoms with Crippen LogP contribution in [0.2, 0.25) is 0 Å². The van der Waals surface area contributed by atoms with E-state index in [0.29, 0.717) is 34.9 Å². The molecule has 1 N–H and O–H groups in total. The lowest BCUT2D eigenvalue weighted by Gasteiger charge is -2.10. The molecule has 0 aliphatic carbocycles. The first-order valence-electron chi connectivity index (χ1n) is 8.33. The predicted molar refractivity (Wildman–Crippen MR) is 100 cm³/mol. The second-order valence-electron chi connectivity index (χ2n) is 5.60. The smallest absolute Gasteiger partial charge is 0.255 e. The van der Waals surface area contributed by atoms with E-state index < -0.39 is 0 Å². The van der Waals surface area contributed by atoms with Crippen LogP contribution in [0.25, 0.3) is 16.9 Å². The lowest BCUT2D eigenvalue weighted by molar-refractivity contribution is 0.0956. The van der Waals surface area contributed by atoms with Crippen LogP contribution < -0.4 is 14.8 Å². The molecule has 134 valence electrons. The molecule has 0 fully saturated rings. The third kappa shape index (κ3) is 3.39. The van der Waals surface area contributed by atoms with Gasteiger partial charge in [-0.3, -0.25) is 4.79 Å². The molecule has 0 saturated carbocycles. The molecule has 1 heterocycles. The van der Waals surface area contributed by atoms with Crippen LogP contribution in [0.3, 0.4) is 0 Å². The standard InChI is InChI=1S/C20H21N3O3/c1-4-21-20(24)17-13-23(14-8-6-5-7-9-14)22-19(17)16-12-15(25-2)10-11-18(16)26-3/h5-13H,4H2,1-3H3,(H,21,24). The zero-order valence-electron chi connectivity index (χ0n) is 15.0. The summed E-state index contributed by atoms with van der Waals surface area (Å²) in [4.78, 5) is 12.6. The minimum Gasteiger partial charge on any atom is -0.497 e. The highest BCUT2D eigenvalue weighted by Crippen LogP contribution is 2.35. The number of hydrogen-bond donors (Lipinski definition) is 1. The Morgan fingerprint density at radius 3 is 2.54 bits per heavy atom. The molecule has 0 bridgehead atoms. The van der Waals surface area contributed by atoms with Crippen molar-refractivity contribution in [3.05, 3.63) is 60.3 Å². The third-order valence-electron chi connectivity index (χ3n) is 3.98. The summed E-state index contributed by atoms with van der Waals surface area (Å²) in [5, 5.41) is 7.50. The first-order chi connectivity index (χ1) is 12.7. The molecule has 3 rings (SSSR count). The van der Waals surface area contributed by atoms with Gasteiger partial charge in [0.2, 0.25) is 0 Å². The van der Waals surface area contributed by atoms with E-state index in [4.69, 9.17) is 9.47 Å². The lowest BCUT2D eigenvalue weighted by atomic mass is 10.1. The van der Waals surface area contributed by atoms with Crippen LogP contribution in [-0.4, -0.2) is 36.5 Å². The van der Waals surface area contributed by atoms with E-state index >= 15 is 0 Å². The number of amides is 1. The molecule has 6 nitrogen and oxygen atoms in total.